The fourth-order valence-corrected chi connectivity index (χ4v) is 2.62. The lowest BCUT2D eigenvalue weighted by atomic mass is 10.1. The van der Waals surface area contributed by atoms with Gasteiger partial charge in [-0.25, -0.2) is 0 Å². The van der Waals surface area contributed by atoms with Crippen LogP contribution in [0, 0.1) is 0 Å². The number of benzene rings is 2. The van der Waals surface area contributed by atoms with Crippen LogP contribution in [0.4, 0.5) is 0 Å². The van der Waals surface area contributed by atoms with Gasteiger partial charge in [-0.15, -0.1) is 0 Å². The van der Waals surface area contributed by atoms with Crippen molar-refractivity contribution in [2.75, 3.05) is 19.3 Å². The standard InChI is InChI=1S/C17H21NO4S/c1-23(20,21)22-16-9-7-15(8-10-16)17(19)13-18-12-11-14-5-3-2-4-6-14/h2-10,17-19H,11-13H2,1H3. The number of hydrogen-bond acceptors (Lipinski definition) is 5. The number of aliphatic hydroxyl groups excluding tert-OH is 1. The summed E-state index contributed by atoms with van der Waals surface area (Å²) >= 11 is 0. The molecule has 0 heterocycles. The highest BCUT2D eigenvalue weighted by Gasteiger charge is 2.09. The van der Waals surface area contributed by atoms with Crippen LogP contribution in [0.5, 0.6) is 5.75 Å². The fourth-order valence-electron chi connectivity index (χ4n) is 2.15. The molecule has 0 aliphatic carbocycles. The molecule has 0 saturated heterocycles. The van der Waals surface area contributed by atoms with Gasteiger partial charge in [0.15, 0.2) is 0 Å². The maximum absolute atomic E-state index is 11.0. The molecule has 124 valence electrons. The van der Waals surface area contributed by atoms with Gasteiger partial charge < -0.3 is 14.6 Å². The molecule has 2 N–H and O–H groups in total. The summed E-state index contributed by atoms with van der Waals surface area (Å²) < 4.78 is 26.8. The highest BCUT2D eigenvalue weighted by Crippen LogP contribution is 2.18. The van der Waals surface area contributed by atoms with Gasteiger partial charge in [0, 0.05) is 6.54 Å². The number of rotatable bonds is 8. The third-order valence-corrected chi connectivity index (χ3v) is 3.78. The van der Waals surface area contributed by atoms with E-state index in [1.54, 1.807) is 12.1 Å². The van der Waals surface area contributed by atoms with Crippen LogP contribution in [0.2, 0.25) is 0 Å². The zero-order valence-corrected chi connectivity index (χ0v) is 13.8. The van der Waals surface area contributed by atoms with Crippen LogP contribution in [-0.4, -0.2) is 32.9 Å². The zero-order valence-electron chi connectivity index (χ0n) is 13.0. The first-order chi connectivity index (χ1) is 10.9. The van der Waals surface area contributed by atoms with E-state index in [4.69, 9.17) is 4.18 Å². The quantitative estimate of drug-likeness (QED) is 0.569. The minimum Gasteiger partial charge on any atom is -0.387 e. The zero-order chi connectivity index (χ0) is 16.7. The van der Waals surface area contributed by atoms with Crippen LogP contribution in [0.15, 0.2) is 54.6 Å². The summed E-state index contributed by atoms with van der Waals surface area (Å²) in [6.45, 7) is 1.20. The van der Waals surface area contributed by atoms with Crippen LogP contribution >= 0.6 is 0 Å². The first-order valence-corrected chi connectivity index (χ1v) is 9.18. The van der Waals surface area contributed by atoms with Gasteiger partial charge in [0.25, 0.3) is 0 Å². The molecule has 6 heteroatoms. The molecule has 0 aromatic heterocycles. The van der Waals surface area contributed by atoms with E-state index < -0.39 is 16.2 Å². The van der Waals surface area contributed by atoms with Crippen LogP contribution < -0.4 is 9.50 Å². The highest BCUT2D eigenvalue weighted by molar-refractivity contribution is 7.86. The molecule has 0 radical (unpaired) electrons. The Labute approximate surface area is 137 Å². The SMILES string of the molecule is CS(=O)(=O)Oc1ccc(C(O)CNCCc2ccccc2)cc1. The summed E-state index contributed by atoms with van der Waals surface area (Å²) in [6.07, 6.45) is 1.24. The number of nitrogens with one attached hydrogen (secondary N) is 1. The Morgan fingerprint density at radius 2 is 1.74 bits per heavy atom. The number of aliphatic hydroxyl groups is 1. The predicted octanol–water partition coefficient (Wildman–Crippen LogP) is 1.89. The molecule has 2 aromatic rings. The van der Waals surface area contributed by atoms with Gasteiger partial charge in [0.2, 0.25) is 0 Å². The van der Waals surface area contributed by atoms with Crippen molar-refractivity contribution in [3.05, 3.63) is 65.7 Å². The minimum atomic E-state index is -3.53. The van der Waals surface area contributed by atoms with E-state index in [1.807, 2.05) is 18.2 Å². The predicted molar refractivity (Wildman–Crippen MR) is 89.9 cm³/mol. The summed E-state index contributed by atoms with van der Waals surface area (Å²) in [5.74, 6) is 0.237. The second-order valence-electron chi connectivity index (χ2n) is 5.31. The van der Waals surface area contributed by atoms with Crippen LogP contribution in [0.1, 0.15) is 17.2 Å². The molecular weight excluding hydrogens is 314 g/mol. The molecule has 0 bridgehead atoms. The summed E-state index contributed by atoms with van der Waals surface area (Å²) in [6, 6.07) is 16.5. The Balaban J connectivity index is 1.78. The molecule has 0 aliphatic rings. The van der Waals surface area contributed by atoms with Crippen LogP contribution in [-0.2, 0) is 16.5 Å². The molecule has 0 amide bonds. The molecule has 23 heavy (non-hydrogen) atoms. The van der Waals surface area contributed by atoms with Crippen LogP contribution in [0.25, 0.3) is 0 Å². The van der Waals surface area contributed by atoms with Crippen molar-refractivity contribution in [2.45, 2.75) is 12.5 Å². The molecule has 0 fully saturated rings. The summed E-state index contributed by atoms with van der Waals surface area (Å²) in [4.78, 5) is 0. The van der Waals surface area contributed by atoms with Gasteiger partial charge in [-0.1, -0.05) is 42.5 Å². The molecule has 0 aliphatic heterocycles. The maximum Gasteiger partial charge on any atom is 0.306 e. The van der Waals surface area contributed by atoms with Crippen LogP contribution in [0.3, 0.4) is 0 Å². The molecule has 1 atom stereocenters. The van der Waals surface area contributed by atoms with Crippen molar-refractivity contribution < 1.29 is 17.7 Å². The summed E-state index contributed by atoms with van der Waals surface area (Å²) in [5, 5.41) is 13.3. The van der Waals surface area contributed by atoms with E-state index >= 15 is 0 Å². The van der Waals surface area contributed by atoms with E-state index in [0.717, 1.165) is 19.2 Å². The van der Waals surface area contributed by atoms with E-state index in [1.165, 1.54) is 17.7 Å². The van der Waals surface area contributed by atoms with E-state index in [0.29, 0.717) is 12.1 Å². The summed E-state index contributed by atoms with van der Waals surface area (Å²) in [5.41, 5.74) is 1.95. The Hall–Kier alpha value is -1.89. The molecule has 0 saturated carbocycles. The van der Waals surface area contributed by atoms with Crippen molar-refractivity contribution in [3.63, 3.8) is 0 Å². The maximum atomic E-state index is 11.0. The Morgan fingerprint density at radius 3 is 2.35 bits per heavy atom. The van der Waals surface area contributed by atoms with Crippen molar-refractivity contribution in [1.29, 1.82) is 0 Å². The topological polar surface area (TPSA) is 75.6 Å². The Bertz CT molecular complexity index is 699. The lowest BCUT2D eigenvalue weighted by Gasteiger charge is -2.13. The second kappa shape index (κ2) is 8.10. The monoisotopic (exact) mass is 335 g/mol. The Kier molecular flexibility index (Phi) is 6.15. The van der Waals surface area contributed by atoms with Crippen molar-refractivity contribution in [1.82, 2.24) is 5.32 Å². The normalized spacial score (nSPS) is 12.8. The van der Waals surface area contributed by atoms with Gasteiger partial charge in [0.05, 0.1) is 12.4 Å². The molecule has 0 spiro atoms. The third-order valence-electron chi connectivity index (χ3n) is 3.28. The molecule has 2 aromatic carbocycles. The molecular formula is C17H21NO4S. The fraction of sp³-hybridized carbons (Fsp3) is 0.294. The van der Waals surface area contributed by atoms with E-state index in [2.05, 4.69) is 17.4 Å². The van der Waals surface area contributed by atoms with Gasteiger partial charge in [0.1, 0.15) is 5.75 Å². The average Bonchev–Trinajstić information content (AvgIpc) is 2.51. The van der Waals surface area contributed by atoms with Gasteiger partial charge in [-0.3, -0.25) is 0 Å². The largest absolute Gasteiger partial charge is 0.387 e. The van der Waals surface area contributed by atoms with Crippen molar-refractivity contribution in [3.8, 4) is 5.75 Å². The first kappa shape index (κ1) is 17.5. The van der Waals surface area contributed by atoms with E-state index in [9.17, 15) is 13.5 Å². The second-order valence-corrected chi connectivity index (χ2v) is 6.89. The lowest BCUT2D eigenvalue weighted by Crippen LogP contribution is -2.23. The summed E-state index contributed by atoms with van der Waals surface area (Å²) in [7, 11) is -3.53. The van der Waals surface area contributed by atoms with Gasteiger partial charge in [-0.2, -0.15) is 8.42 Å². The lowest BCUT2D eigenvalue weighted by molar-refractivity contribution is 0.175. The first-order valence-electron chi connectivity index (χ1n) is 7.36. The Morgan fingerprint density at radius 1 is 1.09 bits per heavy atom. The van der Waals surface area contributed by atoms with Gasteiger partial charge in [-0.05, 0) is 36.2 Å². The third kappa shape index (κ3) is 6.40. The van der Waals surface area contributed by atoms with E-state index in [-0.39, 0.29) is 5.75 Å². The molecule has 1 unspecified atom stereocenters. The molecule has 2 rings (SSSR count). The van der Waals surface area contributed by atoms with Crippen molar-refractivity contribution in [2.24, 2.45) is 0 Å². The minimum absolute atomic E-state index is 0.237. The number of hydrogen-bond donors (Lipinski definition) is 2. The smallest absolute Gasteiger partial charge is 0.306 e. The van der Waals surface area contributed by atoms with Crippen molar-refractivity contribution >= 4 is 10.1 Å². The molecule has 5 nitrogen and oxygen atoms in total. The average molecular weight is 335 g/mol. The van der Waals surface area contributed by atoms with Gasteiger partial charge >= 0.3 is 10.1 Å². The highest BCUT2D eigenvalue weighted by atomic mass is 32.2.